The first-order chi connectivity index (χ1) is 31.7. The molecule has 366 valence electrons. The monoisotopic (exact) mass is 886 g/mol. The normalized spacial score (nSPS) is 13.8. The minimum absolute atomic E-state index is 0.0767. The summed E-state index contributed by atoms with van der Waals surface area (Å²) in [4.78, 5) is 12.4. The zero-order valence-electron chi connectivity index (χ0n) is 42.0. The van der Waals surface area contributed by atoms with Crippen LogP contribution >= 0.6 is 0 Å². The van der Waals surface area contributed by atoms with Crippen LogP contribution in [0.25, 0.3) is 0 Å². The number of allylic oxidation sites excluding steroid dienone is 17. The highest BCUT2D eigenvalue weighted by molar-refractivity contribution is 5.76. The molecule has 0 aliphatic carbocycles. The Bertz CT molecular complexity index is 1230. The molecule has 2 atom stereocenters. The highest BCUT2D eigenvalue weighted by Crippen LogP contribution is 2.16. The molecule has 4 nitrogen and oxygen atoms in total. The maximum absolute atomic E-state index is 12.4. The number of rotatable bonds is 48. The van der Waals surface area contributed by atoms with Crippen molar-refractivity contribution in [3.8, 4) is 0 Å². The first-order valence-electron chi connectivity index (χ1n) is 27.1. The van der Waals surface area contributed by atoms with Gasteiger partial charge >= 0.3 is 0 Å². The number of aliphatic hydroxyl groups excluding tert-OH is 2. The van der Waals surface area contributed by atoms with E-state index in [2.05, 4.69) is 116 Å². The highest BCUT2D eigenvalue weighted by atomic mass is 16.3. The Kier molecular flexibility index (Phi) is 51.9. The zero-order valence-corrected chi connectivity index (χ0v) is 42.0. The number of hydrogen-bond donors (Lipinski definition) is 3. The van der Waals surface area contributed by atoms with Gasteiger partial charge in [0.2, 0.25) is 5.91 Å². The molecule has 2 unspecified atom stereocenters. The van der Waals surface area contributed by atoms with Gasteiger partial charge < -0.3 is 15.5 Å². The molecule has 1 amide bonds. The molecule has 0 aromatic heterocycles. The second-order valence-electron chi connectivity index (χ2n) is 17.9. The minimum Gasteiger partial charge on any atom is -0.394 e. The molecule has 64 heavy (non-hydrogen) atoms. The fourth-order valence-electron chi connectivity index (χ4n) is 7.65. The second-order valence-corrected chi connectivity index (χ2v) is 17.9. The van der Waals surface area contributed by atoms with Gasteiger partial charge in [0, 0.05) is 6.42 Å². The Labute approximate surface area is 397 Å². The molecule has 0 rings (SSSR count). The Balaban J connectivity index is 3.48. The molecule has 3 N–H and O–H groups in total. The predicted molar refractivity (Wildman–Crippen MR) is 285 cm³/mol. The molecular formula is C60H103NO3. The smallest absolute Gasteiger partial charge is 0.220 e. The summed E-state index contributed by atoms with van der Waals surface area (Å²) in [5.74, 6) is -0.0767. The molecule has 0 aromatic rings. The van der Waals surface area contributed by atoms with Crippen LogP contribution in [-0.2, 0) is 4.79 Å². The number of amides is 1. The minimum atomic E-state index is -0.864. The fourth-order valence-corrected chi connectivity index (χ4v) is 7.65. The lowest BCUT2D eigenvalue weighted by Gasteiger charge is -2.19. The van der Waals surface area contributed by atoms with Gasteiger partial charge in [-0.2, -0.15) is 0 Å². The first kappa shape index (κ1) is 61.0. The summed E-state index contributed by atoms with van der Waals surface area (Å²) >= 11 is 0. The molecule has 0 aliphatic heterocycles. The number of carbonyl (C=O) groups excluding carboxylic acids is 1. The predicted octanol–water partition coefficient (Wildman–Crippen LogP) is 17.9. The fraction of sp³-hybridized carbons (Fsp3) is 0.683. The van der Waals surface area contributed by atoms with Gasteiger partial charge in [-0.05, 0) is 89.9 Å². The highest BCUT2D eigenvalue weighted by Gasteiger charge is 2.17. The third kappa shape index (κ3) is 50.1. The molecule has 0 fully saturated rings. The van der Waals surface area contributed by atoms with Crippen molar-refractivity contribution in [2.24, 2.45) is 0 Å². The van der Waals surface area contributed by atoms with E-state index in [0.717, 1.165) is 77.0 Å². The summed E-state index contributed by atoms with van der Waals surface area (Å²) < 4.78 is 0. The standard InChI is InChI=1S/C60H103NO3/c1-3-5-7-9-11-13-15-16-17-18-19-20-21-22-23-24-25-26-27-28-29-30-31-32-33-34-35-36-37-38-39-40-41-42-43-44-46-48-50-52-54-56-60(64)61-58(57-62)59(63)55-53-51-49-47-45-14-12-10-8-6-4-2/h5,7,11,13,16-17,19-20,22-23,25-26,28-29,45,47,53,55,58-59,62-63H,3-4,6,8-10,12,14-15,18,21,24,27,30-44,46,48-52,54,56-57H2,1-2H3,(H,61,64)/b7-5-,13-11-,17-16-,20-19-,23-22-,26-25-,29-28-,47-45+,55-53+. The van der Waals surface area contributed by atoms with E-state index in [1.54, 1.807) is 6.08 Å². The third-order valence-corrected chi connectivity index (χ3v) is 11.7. The molecule has 0 saturated heterocycles. The van der Waals surface area contributed by atoms with Gasteiger partial charge in [0.05, 0.1) is 18.8 Å². The number of unbranched alkanes of at least 4 members (excludes halogenated alkanes) is 25. The van der Waals surface area contributed by atoms with Crippen LogP contribution in [0.4, 0.5) is 0 Å². The van der Waals surface area contributed by atoms with Crippen molar-refractivity contribution >= 4 is 5.91 Å². The first-order valence-corrected chi connectivity index (χ1v) is 27.1. The lowest BCUT2D eigenvalue weighted by atomic mass is 10.0. The van der Waals surface area contributed by atoms with Gasteiger partial charge in [-0.1, -0.05) is 258 Å². The van der Waals surface area contributed by atoms with Crippen LogP contribution in [0, 0.1) is 0 Å². The zero-order chi connectivity index (χ0) is 46.3. The van der Waals surface area contributed by atoms with E-state index < -0.39 is 12.1 Å². The average Bonchev–Trinajstić information content (AvgIpc) is 3.30. The summed E-state index contributed by atoms with van der Waals surface area (Å²) in [6.07, 6.45) is 82.5. The molecule has 0 spiro atoms. The number of nitrogens with one attached hydrogen (secondary N) is 1. The van der Waals surface area contributed by atoms with E-state index in [9.17, 15) is 15.0 Å². The van der Waals surface area contributed by atoms with Crippen LogP contribution < -0.4 is 5.32 Å². The summed E-state index contributed by atoms with van der Waals surface area (Å²) in [6, 6.07) is -0.641. The molecule has 0 saturated carbocycles. The number of aliphatic hydroxyl groups is 2. The maximum atomic E-state index is 12.4. The second kappa shape index (κ2) is 54.4. The van der Waals surface area contributed by atoms with E-state index in [4.69, 9.17) is 0 Å². The Morgan fingerprint density at radius 2 is 0.703 bits per heavy atom. The quantitative estimate of drug-likeness (QED) is 0.0421. The van der Waals surface area contributed by atoms with Gasteiger partial charge in [-0.15, -0.1) is 0 Å². The van der Waals surface area contributed by atoms with Crippen LogP contribution in [0.15, 0.2) is 109 Å². The van der Waals surface area contributed by atoms with Crippen molar-refractivity contribution < 1.29 is 15.0 Å². The van der Waals surface area contributed by atoms with Gasteiger partial charge in [0.15, 0.2) is 0 Å². The van der Waals surface area contributed by atoms with Crippen LogP contribution in [-0.4, -0.2) is 34.9 Å². The Morgan fingerprint density at radius 1 is 0.391 bits per heavy atom. The molecule has 0 aliphatic rings. The van der Waals surface area contributed by atoms with Gasteiger partial charge in [0.25, 0.3) is 0 Å². The molecule has 0 heterocycles. The summed E-state index contributed by atoms with van der Waals surface area (Å²) in [7, 11) is 0. The Hall–Kier alpha value is -2.95. The van der Waals surface area contributed by atoms with Crippen molar-refractivity contribution in [1.29, 1.82) is 0 Å². The van der Waals surface area contributed by atoms with E-state index in [-0.39, 0.29) is 12.5 Å². The largest absolute Gasteiger partial charge is 0.394 e. The topological polar surface area (TPSA) is 69.6 Å². The summed E-state index contributed by atoms with van der Waals surface area (Å²) in [5.41, 5.74) is 0. The van der Waals surface area contributed by atoms with Crippen molar-refractivity contribution in [3.63, 3.8) is 0 Å². The molecule has 0 bridgehead atoms. The van der Waals surface area contributed by atoms with Gasteiger partial charge in [-0.25, -0.2) is 0 Å². The Morgan fingerprint density at radius 3 is 1.09 bits per heavy atom. The lowest BCUT2D eigenvalue weighted by Crippen LogP contribution is -2.45. The molecule has 0 aromatic carbocycles. The summed E-state index contributed by atoms with van der Waals surface area (Å²) in [5, 5.41) is 23.0. The average molecular weight is 886 g/mol. The maximum Gasteiger partial charge on any atom is 0.220 e. The SMILES string of the molecule is CC/C=C\C/C=C\C/C=C\C/C=C\C/C=C\C/C=C\C/C=C\CCCCCCCCCCCCCCCCCCCCCC(=O)NC(CO)C(O)/C=C/CC/C=C/CCCCCCC. The van der Waals surface area contributed by atoms with E-state index in [1.165, 1.54) is 148 Å². The number of hydrogen-bond acceptors (Lipinski definition) is 3. The molecular weight excluding hydrogens is 783 g/mol. The van der Waals surface area contributed by atoms with Crippen molar-refractivity contribution in [1.82, 2.24) is 5.32 Å². The third-order valence-electron chi connectivity index (χ3n) is 11.7. The number of carbonyl (C=O) groups is 1. The van der Waals surface area contributed by atoms with Crippen LogP contribution in [0.1, 0.15) is 245 Å². The van der Waals surface area contributed by atoms with Crippen molar-refractivity contribution in [2.45, 2.75) is 257 Å². The lowest BCUT2D eigenvalue weighted by molar-refractivity contribution is -0.123. The van der Waals surface area contributed by atoms with E-state index >= 15 is 0 Å². The van der Waals surface area contributed by atoms with Crippen LogP contribution in [0.2, 0.25) is 0 Å². The van der Waals surface area contributed by atoms with Crippen LogP contribution in [0.3, 0.4) is 0 Å². The van der Waals surface area contributed by atoms with E-state index in [0.29, 0.717) is 6.42 Å². The van der Waals surface area contributed by atoms with Crippen molar-refractivity contribution in [3.05, 3.63) is 109 Å². The van der Waals surface area contributed by atoms with Gasteiger partial charge in [-0.3, -0.25) is 4.79 Å². The van der Waals surface area contributed by atoms with E-state index in [1.807, 2.05) is 6.08 Å². The summed E-state index contributed by atoms with van der Waals surface area (Å²) in [6.45, 7) is 4.15. The van der Waals surface area contributed by atoms with Crippen molar-refractivity contribution in [2.75, 3.05) is 6.61 Å². The van der Waals surface area contributed by atoms with Gasteiger partial charge in [0.1, 0.15) is 0 Å². The van der Waals surface area contributed by atoms with Crippen LogP contribution in [0.5, 0.6) is 0 Å². The molecule has 0 radical (unpaired) electrons. The molecule has 4 heteroatoms.